The fourth-order valence-corrected chi connectivity index (χ4v) is 2.68. The smallest absolute Gasteiger partial charge is 0.323 e. The van der Waals surface area contributed by atoms with Crippen LogP contribution in [0.15, 0.2) is 22.7 Å². The molecule has 114 valence electrons. The van der Waals surface area contributed by atoms with Crippen molar-refractivity contribution in [3.63, 3.8) is 0 Å². The van der Waals surface area contributed by atoms with E-state index < -0.39 is 12.1 Å². The fourth-order valence-electron chi connectivity index (χ4n) is 2.09. The van der Waals surface area contributed by atoms with Crippen LogP contribution in [0.2, 0.25) is 0 Å². The number of hydrogen-bond donors (Lipinski definition) is 1. The Hall–Kier alpha value is -1.56. The predicted molar refractivity (Wildman–Crippen MR) is 81.3 cm³/mol. The van der Waals surface area contributed by atoms with Crippen LogP contribution in [0.25, 0.3) is 0 Å². The Labute approximate surface area is 132 Å². The third-order valence-corrected chi connectivity index (χ3v) is 3.93. The van der Waals surface area contributed by atoms with E-state index in [0.29, 0.717) is 5.75 Å². The summed E-state index contributed by atoms with van der Waals surface area (Å²) < 4.78 is 6.45. The molecule has 1 aliphatic rings. The van der Waals surface area contributed by atoms with Crippen LogP contribution in [-0.4, -0.2) is 40.6 Å². The van der Waals surface area contributed by atoms with Crippen LogP contribution in [0.5, 0.6) is 5.75 Å². The maximum absolute atomic E-state index is 12.4. The highest BCUT2D eigenvalue weighted by Gasteiger charge is 2.36. The molecular formula is C15H18BrNO4. The minimum atomic E-state index is -1.00. The number of carbonyl (C=O) groups is 2. The molecule has 1 saturated carbocycles. The second kappa shape index (κ2) is 6.47. The molecule has 0 bridgehead atoms. The number of halogens is 1. The van der Waals surface area contributed by atoms with Crippen LogP contribution in [0, 0.1) is 6.92 Å². The summed E-state index contributed by atoms with van der Waals surface area (Å²) in [6.07, 6.45) is 1.00. The lowest BCUT2D eigenvalue weighted by Gasteiger charge is -2.24. The molecule has 1 aromatic rings. The summed E-state index contributed by atoms with van der Waals surface area (Å²) >= 11 is 3.40. The molecule has 6 heteroatoms. The van der Waals surface area contributed by atoms with Crippen LogP contribution < -0.4 is 4.74 Å². The van der Waals surface area contributed by atoms with Crippen molar-refractivity contribution in [3.05, 3.63) is 28.2 Å². The van der Waals surface area contributed by atoms with Crippen molar-refractivity contribution in [3.8, 4) is 5.75 Å². The molecule has 0 aliphatic heterocycles. The number of aryl methyl sites for hydroxylation is 1. The first-order valence-corrected chi connectivity index (χ1v) is 7.63. The number of aliphatic carboxylic acids is 1. The van der Waals surface area contributed by atoms with Crippen LogP contribution >= 0.6 is 15.9 Å². The monoisotopic (exact) mass is 355 g/mol. The van der Waals surface area contributed by atoms with E-state index in [1.165, 1.54) is 4.90 Å². The molecule has 0 aromatic heterocycles. The molecule has 21 heavy (non-hydrogen) atoms. The zero-order valence-electron chi connectivity index (χ0n) is 12.0. The van der Waals surface area contributed by atoms with Gasteiger partial charge in [-0.05, 0) is 60.3 Å². The molecule has 1 N–H and O–H groups in total. The van der Waals surface area contributed by atoms with Gasteiger partial charge in [0.15, 0.2) is 6.10 Å². The molecule has 1 atom stereocenters. The Balaban J connectivity index is 2.05. The molecule has 1 aliphatic carbocycles. The summed E-state index contributed by atoms with van der Waals surface area (Å²) in [6.45, 7) is 3.34. The van der Waals surface area contributed by atoms with Gasteiger partial charge < -0.3 is 14.7 Å². The number of ether oxygens (including phenoxy) is 1. The van der Waals surface area contributed by atoms with Gasteiger partial charge in [-0.1, -0.05) is 6.07 Å². The van der Waals surface area contributed by atoms with Gasteiger partial charge in [0, 0.05) is 6.04 Å². The van der Waals surface area contributed by atoms with E-state index in [4.69, 9.17) is 9.84 Å². The Kier molecular flexibility index (Phi) is 4.88. The van der Waals surface area contributed by atoms with Crippen molar-refractivity contribution in [1.82, 2.24) is 4.90 Å². The van der Waals surface area contributed by atoms with E-state index in [0.717, 1.165) is 22.9 Å². The molecule has 5 nitrogen and oxygen atoms in total. The van der Waals surface area contributed by atoms with E-state index >= 15 is 0 Å². The Morgan fingerprint density at radius 2 is 2.14 bits per heavy atom. The highest BCUT2D eigenvalue weighted by Crippen LogP contribution is 2.29. The second-order valence-corrected chi connectivity index (χ2v) is 6.14. The third kappa shape index (κ3) is 4.20. The van der Waals surface area contributed by atoms with Crippen LogP contribution in [-0.2, 0) is 9.59 Å². The zero-order chi connectivity index (χ0) is 15.6. The van der Waals surface area contributed by atoms with E-state index in [9.17, 15) is 9.59 Å². The van der Waals surface area contributed by atoms with E-state index in [-0.39, 0.29) is 18.5 Å². The molecule has 1 amide bonds. The molecule has 1 aromatic carbocycles. The quantitative estimate of drug-likeness (QED) is 0.851. The van der Waals surface area contributed by atoms with Crippen molar-refractivity contribution in [2.75, 3.05) is 6.54 Å². The largest absolute Gasteiger partial charge is 0.480 e. The van der Waals surface area contributed by atoms with Gasteiger partial charge in [-0.15, -0.1) is 0 Å². The van der Waals surface area contributed by atoms with Crippen LogP contribution in [0.1, 0.15) is 25.3 Å². The number of benzene rings is 1. The van der Waals surface area contributed by atoms with Gasteiger partial charge in [0.05, 0.1) is 4.47 Å². The SMILES string of the molecule is Cc1ccc(OC(C)C(=O)N(CC(=O)O)C2CC2)c(Br)c1. The van der Waals surface area contributed by atoms with Crippen molar-refractivity contribution < 1.29 is 19.4 Å². The summed E-state index contributed by atoms with van der Waals surface area (Å²) in [4.78, 5) is 24.6. The minimum Gasteiger partial charge on any atom is -0.480 e. The Morgan fingerprint density at radius 3 is 2.67 bits per heavy atom. The number of nitrogens with zero attached hydrogens (tertiary/aromatic N) is 1. The number of amides is 1. The average Bonchev–Trinajstić information content (AvgIpc) is 3.22. The number of hydrogen-bond acceptors (Lipinski definition) is 3. The molecule has 1 unspecified atom stereocenters. The standard InChI is InChI=1S/C15H18BrNO4/c1-9-3-6-13(12(16)7-9)21-10(2)15(20)17(8-14(18)19)11-4-5-11/h3,6-7,10-11H,4-5,8H2,1-2H3,(H,18,19). The number of carboxylic acid groups (broad SMARTS) is 1. The van der Waals surface area contributed by atoms with Gasteiger partial charge in [-0.3, -0.25) is 9.59 Å². The minimum absolute atomic E-state index is 0.0427. The summed E-state index contributed by atoms with van der Waals surface area (Å²) in [7, 11) is 0. The lowest BCUT2D eigenvalue weighted by atomic mass is 10.2. The van der Waals surface area contributed by atoms with Gasteiger partial charge in [-0.2, -0.15) is 0 Å². The van der Waals surface area contributed by atoms with E-state index in [2.05, 4.69) is 15.9 Å². The van der Waals surface area contributed by atoms with Crippen LogP contribution in [0.3, 0.4) is 0 Å². The van der Waals surface area contributed by atoms with Crippen molar-refractivity contribution in [2.45, 2.75) is 38.8 Å². The lowest BCUT2D eigenvalue weighted by molar-refractivity contribution is -0.148. The number of rotatable bonds is 6. The molecule has 0 radical (unpaired) electrons. The topological polar surface area (TPSA) is 66.8 Å². The molecule has 2 rings (SSSR count). The maximum Gasteiger partial charge on any atom is 0.323 e. The Bertz CT molecular complexity index is 557. The molecule has 0 heterocycles. The molecule has 1 fully saturated rings. The highest BCUT2D eigenvalue weighted by molar-refractivity contribution is 9.10. The summed E-state index contributed by atoms with van der Waals surface area (Å²) in [5.41, 5.74) is 1.08. The molecular weight excluding hydrogens is 338 g/mol. The summed E-state index contributed by atoms with van der Waals surface area (Å²) in [5.74, 6) is -0.709. The first-order valence-electron chi connectivity index (χ1n) is 6.83. The number of carbonyl (C=O) groups excluding carboxylic acids is 1. The fraction of sp³-hybridized carbons (Fsp3) is 0.467. The first-order chi connectivity index (χ1) is 9.88. The third-order valence-electron chi connectivity index (χ3n) is 3.32. The van der Waals surface area contributed by atoms with Crippen molar-refractivity contribution >= 4 is 27.8 Å². The predicted octanol–water partition coefficient (Wildman–Crippen LogP) is 2.60. The van der Waals surface area contributed by atoms with Crippen LogP contribution in [0.4, 0.5) is 0 Å². The zero-order valence-corrected chi connectivity index (χ0v) is 13.6. The number of carboxylic acids is 1. The van der Waals surface area contributed by atoms with Crippen molar-refractivity contribution in [1.29, 1.82) is 0 Å². The highest BCUT2D eigenvalue weighted by atomic mass is 79.9. The van der Waals surface area contributed by atoms with Gasteiger partial charge in [0.1, 0.15) is 12.3 Å². The molecule has 0 saturated heterocycles. The van der Waals surface area contributed by atoms with Gasteiger partial charge >= 0.3 is 5.97 Å². The maximum atomic E-state index is 12.4. The average molecular weight is 356 g/mol. The lowest BCUT2D eigenvalue weighted by Crippen LogP contribution is -2.44. The van der Waals surface area contributed by atoms with E-state index in [1.54, 1.807) is 13.0 Å². The van der Waals surface area contributed by atoms with E-state index in [1.807, 2.05) is 19.1 Å². The van der Waals surface area contributed by atoms with Gasteiger partial charge in [-0.25, -0.2) is 0 Å². The van der Waals surface area contributed by atoms with Gasteiger partial charge in [0.2, 0.25) is 0 Å². The van der Waals surface area contributed by atoms with Gasteiger partial charge in [0.25, 0.3) is 5.91 Å². The normalized spacial score (nSPS) is 15.4. The first kappa shape index (κ1) is 15.8. The Morgan fingerprint density at radius 1 is 1.48 bits per heavy atom. The van der Waals surface area contributed by atoms with Crippen molar-refractivity contribution in [2.24, 2.45) is 0 Å². The second-order valence-electron chi connectivity index (χ2n) is 5.29. The molecule has 0 spiro atoms. The summed E-state index contributed by atoms with van der Waals surface area (Å²) in [6, 6.07) is 5.64. The summed E-state index contributed by atoms with van der Waals surface area (Å²) in [5, 5.41) is 8.91.